The van der Waals surface area contributed by atoms with Gasteiger partial charge in [0.25, 0.3) is 10.0 Å². The predicted octanol–water partition coefficient (Wildman–Crippen LogP) is 4.88. The summed E-state index contributed by atoms with van der Waals surface area (Å²) in [5, 5.41) is 3.33. The topological polar surface area (TPSA) is 91.8 Å². The number of hydrogen-bond donors (Lipinski definition) is 1. The van der Waals surface area contributed by atoms with Crippen molar-refractivity contribution >= 4 is 27.6 Å². The first-order valence-corrected chi connectivity index (χ1v) is 13.3. The van der Waals surface area contributed by atoms with Gasteiger partial charge in [0, 0.05) is 31.9 Å². The second-order valence-corrected chi connectivity index (χ2v) is 12.0. The van der Waals surface area contributed by atoms with Crippen molar-refractivity contribution in [3.8, 4) is 0 Å². The standard InChI is InChI=1S/C25H35FN4O4S/c1-18(2)17-30(21-8-6-19(26)7-9-21)35(32,33)22-10-11-23(27-16-22)28-20-12-14-29(15-13-20)24(31)34-25(3,4)5/h6-11,16,18,20H,12-15,17H2,1-5H3,(H,27,28). The van der Waals surface area contributed by atoms with Gasteiger partial charge in [0.1, 0.15) is 22.1 Å². The number of pyridine rings is 1. The minimum Gasteiger partial charge on any atom is -0.444 e. The lowest BCUT2D eigenvalue weighted by molar-refractivity contribution is 0.0210. The Morgan fingerprint density at radius 2 is 1.80 bits per heavy atom. The Kier molecular flexibility index (Phi) is 8.25. The van der Waals surface area contributed by atoms with Crippen LogP contribution in [0.2, 0.25) is 0 Å². The highest BCUT2D eigenvalue weighted by Gasteiger charge is 2.28. The average Bonchev–Trinajstić information content (AvgIpc) is 2.78. The molecule has 3 rings (SSSR count). The van der Waals surface area contributed by atoms with Gasteiger partial charge in [0.2, 0.25) is 0 Å². The molecular formula is C25H35FN4O4S. The molecule has 1 aliphatic heterocycles. The normalized spacial score (nSPS) is 15.2. The van der Waals surface area contributed by atoms with Crippen LogP contribution in [0.25, 0.3) is 0 Å². The number of carbonyl (C=O) groups is 1. The summed E-state index contributed by atoms with van der Waals surface area (Å²) in [6.07, 6.45) is 2.49. The van der Waals surface area contributed by atoms with Crippen molar-refractivity contribution in [2.75, 3.05) is 29.3 Å². The van der Waals surface area contributed by atoms with E-state index in [1.54, 1.807) is 11.0 Å². The van der Waals surface area contributed by atoms with E-state index >= 15 is 0 Å². The lowest BCUT2D eigenvalue weighted by atomic mass is 10.1. The molecule has 0 spiro atoms. The maximum absolute atomic E-state index is 13.4. The SMILES string of the molecule is CC(C)CN(c1ccc(F)cc1)S(=O)(=O)c1ccc(NC2CCN(C(=O)OC(C)(C)C)CC2)nc1. The summed E-state index contributed by atoms with van der Waals surface area (Å²) in [6.45, 7) is 10.8. The molecule has 1 fully saturated rings. The zero-order valence-electron chi connectivity index (χ0n) is 21.0. The van der Waals surface area contributed by atoms with Crippen molar-refractivity contribution < 1.29 is 22.3 Å². The highest BCUT2D eigenvalue weighted by Crippen LogP contribution is 2.26. The third kappa shape index (κ3) is 7.30. The summed E-state index contributed by atoms with van der Waals surface area (Å²) in [6, 6.07) is 8.70. The molecular weight excluding hydrogens is 471 g/mol. The van der Waals surface area contributed by atoms with Crippen LogP contribution in [0.1, 0.15) is 47.5 Å². The number of piperidine rings is 1. The largest absolute Gasteiger partial charge is 0.444 e. The fourth-order valence-corrected chi connectivity index (χ4v) is 5.34. The molecule has 0 aliphatic carbocycles. The van der Waals surface area contributed by atoms with E-state index in [9.17, 15) is 17.6 Å². The van der Waals surface area contributed by atoms with Gasteiger partial charge in [-0.15, -0.1) is 0 Å². The number of amides is 1. The highest BCUT2D eigenvalue weighted by atomic mass is 32.2. The maximum Gasteiger partial charge on any atom is 0.410 e. The number of likely N-dealkylation sites (tertiary alicyclic amines) is 1. The van der Waals surface area contributed by atoms with E-state index in [1.807, 2.05) is 34.6 Å². The zero-order chi connectivity index (χ0) is 25.8. The highest BCUT2D eigenvalue weighted by molar-refractivity contribution is 7.92. The molecule has 0 bridgehead atoms. The Morgan fingerprint density at radius 3 is 2.31 bits per heavy atom. The molecule has 0 saturated carbocycles. The number of nitrogens with one attached hydrogen (secondary N) is 1. The van der Waals surface area contributed by atoms with Gasteiger partial charge in [-0.25, -0.2) is 22.6 Å². The van der Waals surface area contributed by atoms with Gasteiger partial charge in [0.15, 0.2) is 0 Å². The van der Waals surface area contributed by atoms with E-state index < -0.39 is 21.4 Å². The summed E-state index contributed by atoms with van der Waals surface area (Å²) in [5.74, 6) is 0.205. The fraction of sp³-hybridized carbons (Fsp3) is 0.520. The minimum absolute atomic E-state index is 0.0628. The van der Waals surface area contributed by atoms with Crippen molar-refractivity contribution in [1.29, 1.82) is 0 Å². The van der Waals surface area contributed by atoms with Gasteiger partial charge in [-0.1, -0.05) is 13.8 Å². The van der Waals surface area contributed by atoms with E-state index in [2.05, 4.69) is 10.3 Å². The molecule has 2 aromatic rings. The van der Waals surface area contributed by atoms with Crippen molar-refractivity contribution in [1.82, 2.24) is 9.88 Å². The first-order valence-electron chi connectivity index (χ1n) is 11.8. The molecule has 1 N–H and O–H groups in total. The molecule has 2 heterocycles. The molecule has 0 radical (unpaired) electrons. The molecule has 1 amide bonds. The van der Waals surface area contributed by atoms with Crippen LogP contribution in [-0.2, 0) is 14.8 Å². The molecule has 10 heteroatoms. The van der Waals surface area contributed by atoms with Crippen LogP contribution in [0, 0.1) is 11.7 Å². The summed E-state index contributed by atoms with van der Waals surface area (Å²) in [5.41, 5.74) is -0.126. The van der Waals surface area contributed by atoms with E-state index in [0.29, 0.717) is 24.6 Å². The van der Waals surface area contributed by atoms with E-state index in [0.717, 1.165) is 12.8 Å². The van der Waals surface area contributed by atoms with Gasteiger partial charge < -0.3 is 15.0 Å². The van der Waals surface area contributed by atoms with Gasteiger partial charge in [0.05, 0.1) is 5.69 Å². The first-order chi connectivity index (χ1) is 16.3. The fourth-order valence-electron chi connectivity index (χ4n) is 3.77. The van der Waals surface area contributed by atoms with Crippen LogP contribution in [-0.4, -0.2) is 55.7 Å². The number of hydrogen-bond acceptors (Lipinski definition) is 6. The van der Waals surface area contributed by atoms with Gasteiger partial charge in [-0.3, -0.25) is 4.31 Å². The Bertz CT molecular complexity index is 1090. The Hall–Kier alpha value is -2.88. The molecule has 192 valence electrons. The number of nitrogens with zero attached hydrogens (tertiary/aromatic N) is 3. The third-order valence-electron chi connectivity index (χ3n) is 5.47. The molecule has 1 saturated heterocycles. The van der Waals surface area contributed by atoms with E-state index in [1.165, 1.54) is 40.8 Å². The summed E-state index contributed by atoms with van der Waals surface area (Å²) >= 11 is 0. The third-order valence-corrected chi connectivity index (χ3v) is 7.25. The molecule has 0 unspecified atom stereocenters. The first kappa shape index (κ1) is 26.7. The van der Waals surface area contributed by atoms with Crippen LogP contribution in [0.4, 0.5) is 20.7 Å². The second-order valence-electron chi connectivity index (χ2n) is 10.2. The number of anilines is 2. The van der Waals surface area contributed by atoms with Crippen LogP contribution in [0.3, 0.4) is 0 Å². The summed E-state index contributed by atoms with van der Waals surface area (Å²) in [4.78, 5) is 18.3. The number of benzene rings is 1. The minimum atomic E-state index is -3.88. The number of rotatable bonds is 7. The number of halogens is 1. The average molecular weight is 507 g/mol. The molecule has 1 aromatic carbocycles. The van der Waals surface area contributed by atoms with Crippen molar-refractivity contribution in [3.05, 3.63) is 48.4 Å². The molecule has 0 atom stereocenters. The number of carbonyl (C=O) groups excluding carboxylic acids is 1. The van der Waals surface area contributed by atoms with E-state index in [-0.39, 0.29) is 29.5 Å². The summed E-state index contributed by atoms with van der Waals surface area (Å²) < 4.78 is 46.9. The van der Waals surface area contributed by atoms with Crippen molar-refractivity contribution in [3.63, 3.8) is 0 Å². The van der Waals surface area contributed by atoms with E-state index in [4.69, 9.17) is 4.74 Å². The lowest BCUT2D eigenvalue weighted by Gasteiger charge is -2.33. The molecule has 8 nitrogen and oxygen atoms in total. The summed E-state index contributed by atoms with van der Waals surface area (Å²) in [7, 11) is -3.88. The monoisotopic (exact) mass is 506 g/mol. The molecule has 35 heavy (non-hydrogen) atoms. The van der Waals surface area contributed by atoms with Crippen LogP contribution in [0.15, 0.2) is 47.5 Å². The smallest absolute Gasteiger partial charge is 0.410 e. The van der Waals surface area contributed by atoms with Crippen molar-refractivity contribution in [2.45, 2.75) is 64.0 Å². The zero-order valence-corrected chi connectivity index (χ0v) is 21.8. The Morgan fingerprint density at radius 1 is 1.17 bits per heavy atom. The molecule has 1 aliphatic rings. The van der Waals surface area contributed by atoms with Crippen LogP contribution in [0.5, 0.6) is 0 Å². The van der Waals surface area contributed by atoms with Gasteiger partial charge in [-0.05, 0) is 75.9 Å². The van der Waals surface area contributed by atoms with Gasteiger partial charge in [-0.2, -0.15) is 0 Å². The quantitative estimate of drug-likeness (QED) is 0.575. The Labute approximate surface area is 207 Å². The Balaban J connectivity index is 1.65. The van der Waals surface area contributed by atoms with Gasteiger partial charge >= 0.3 is 6.09 Å². The number of aromatic nitrogens is 1. The second kappa shape index (κ2) is 10.8. The molecule has 1 aromatic heterocycles. The lowest BCUT2D eigenvalue weighted by Crippen LogP contribution is -2.44. The maximum atomic E-state index is 13.4. The number of ether oxygens (including phenoxy) is 1. The van der Waals surface area contributed by atoms with Crippen molar-refractivity contribution in [2.24, 2.45) is 5.92 Å². The number of sulfonamides is 1. The van der Waals surface area contributed by atoms with Crippen LogP contribution >= 0.6 is 0 Å². The predicted molar refractivity (Wildman–Crippen MR) is 134 cm³/mol. The van der Waals surface area contributed by atoms with Crippen LogP contribution < -0.4 is 9.62 Å².